The SMILES string of the molecule is CCC1(CC)O[C@H](c2ccccc2Cl)[C@@H](CO)O1. The van der Waals surface area contributed by atoms with Crippen LogP contribution in [0.5, 0.6) is 0 Å². The van der Waals surface area contributed by atoms with Crippen LogP contribution in [0.25, 0.3) is 0 Å². The summed E-state index contributed by atoms with van der Waals surface area (Å²) >= 11 is 6.19. The zero-order valence-electron chi connectivity index (χ0n) is 10.7. The number of aliphatic hydroxyl groups excluding tert-OH is 1. The van der Waals surface area contributed by atoms with Gasteiger partial charge in [0.15, 0.2) is 5.79 Å². The zero-order valence-corrected chi connectivity index (χ0v) is 11.5. The maximum Gasteiger partial charge on any atom is 0.169 e. The lowest BCUT2D eigenvalue weighted by molar-refractivity contribution is -0.181. The Kier molecular flexibility index (Phi) is 4.28. The van der Waals surface area contributed by atoms with Gasteiger partial charge in [-0.15, -0.1) is 0 Å². The summed E-state index contributed by atoms with van der Waals surface area (Å²) in [6.07, 6.45) is 0.843. The minimum absolute atomic E-state index is 0.0718. The van der Waals surface area contributed by atoms with Gasteiger partial charge in [0.2, 0.25) is 0 Å². The fourth-order valence-corrected chi connectivity index (χ4v) is 2.60. The number of hydrogen-bond donors (Lipinski definition) is 1. The third-order valence-electron chi connectivity index (χ3n) is 3.51. The largest absolute Gasteiger partial charge is 0.394 e. The second-order valence-electron chi connectivity index (χ2n) is 4.52. The van der Waals surface area contributed by atoms with Crippen LogP contribution in [0, 0.1) is 0 Å². The molecule has 1 N–H and O–H groups in total. The van der Waals surface area contributed by atoms with Gasteiger partial charge in [0.05, 0.1) is 6.61 Å². The second kappa shape index (κ2) is 5.57. The Morgan fingerprint density at radius 3 is 2.44 bits per heavy atom. The van der Waals surface area contributed by atoms with E-state index in [9.17, 15) is 5.11 Å². The van der Waals surface area contributed by atoms with Gasteiger partial charge < -0.3 is 14.6 Å². The fourth-order valence-electron chi connectivity index (χ4n) is 2.36. The molecule has 0 spiro atoms. The third-order valence-corrected chi connectivity index (χ3v) is 3.86. The van der Waals surface area contributed by atoms with Crippen molar-refractivity contribution in [2.24, 2.45) is 0 Å². The highest BCUT2D eigenvalue weighted by Gasteiger charge is 2.46. The minimum atomic E-state index is -0.600. The van der Waals surface area contributed by atoms with Crippen LogP contribution in [-0.4, -0.2) is 23.6 Å². The Morgan fingerprint density at radius 1 is 1.22 bits per heavy atom. The highest BCUT2D eigenvalue weighted by Crippen LogP contribution is 2.43. The summed E-state index contributed by atoms with van der Waals surface area (Å²) < 4.78 is 11.9. The lowest BCUT2D eigenvalue weighted by Crippen LogP contribution is -2.29. The van der Waals surface area contributed by atoms with Crippen LogP contribution in [0.1, 0.15) is 38.4 Å². The van der Waals surface area contributed by atoms with Gasteiger partial charge in [0.25, 0.3) is 0 Å². The summed E-state index contributed by atoms with van der Waals surface area (Å²) in [6, 6.07) is 7.53. The van der Waals surface area contributed by atoms with Crippen molar-refractivity contribution in [1.82, 2.24) is 0 Å². The molecule has 1 heterocycles. The summed E-state index contributed by atoms with van der Waals surface area (Å²) in [5, 5.41) is 10.1. The second-order valence-corrected chi connectivity index (χ2v) is 4.92. The normalized spacial score (nSPS) is 26.4. The van der Waals surface area contributed by atoms with Crippen LogP contribution < -0.4 is 0 Å². The van der Waals surface area contributed by atoms with Gasteiger partial charge in [0.1, 0.15) is 12.2 Å². The van der Waals surface area contributed by atoms with E-state index in [1.165, 1.54) is 0 Å². The molecule has 0 radical (unpaired) electrons. The number of halogens is 1. The molecule has 0 bridgehead atoms. The molecule has 100 valence electrons. The summed E-state index contributed by atoms with van der Waals surface area (Å²) in [5.41, 5.74) is 0.877. The van der Waals surface area contributed by atoms with Crippen LogP contribution >= 0.6 is 11.6 Å². The van der Waals surface area contributed by atoms with Gasteiger partial charge in [-0.1, -0.05) is 43.6 Å². The molecule has 1 aromatic carbocycles. The van der Waals surface area contributed by atoms with Gasteiger partial charge in [0, 0.05) is 10.6 Å². The zero-order chi connectivity index (χ0) is 13.2. The average molecular weight is 271 g/mol. The molecule has 1 fully saturated rings. The Morgan fingerprint density at radius 2 is 1.89 bits per heavy atom. The molecular formula is C14H19ClO3. The molecule has 0 unspecified atom stereocenters. The Hall–Kier alpha value is -0.610. The van der Waals surface area contributed by atoms with Crippen LogP contribution in [0.2, 0.25) is 5.02 Å². The van der Waals surface area contributed by atoms with Crippen molar-refractivity contribution in [3.63, 3.8) is 0 Å². The van der Waals surface area contributed by atoms with E-state index in [2.05, 4.69) is 0 Å². The first-order valence-corrected chi connectivity index (χ1v) is 6.74. The Labute approximate surface area is 113 Å². The van der Waals surface area contributed by atoms with Crippen LogP contribution in [0.3, 0.4) is 0 Å². The van der Waals surface area contributed by atoms with Gasteiger partial charge in [-0.05, 0) is 18.9 Å². The van der Waals surface area contributed by atoms with Gasteiger partial charge in [-0.3, -0.25) is 0 Å². The molecule has 2 rings (SSSR count). The smallest absolute Gasteiger partial charge is 0.169 e. The first kappa shape index (κ1) is 13.8. The summed E-state index contributed by atoms with van der Waals surface area (Å²) in [5.74, 6) is -0.600. The van der Waals surface area contributed by atoms with Gasteiger partial charge >= 0.3 is 0 Å². The molecule has 0 saturated carbocycles. The van der Waals surface area contributed by atoms with Crippen LogP contribution in [0.15, 0.2) is 24.3 Å². The molecule has 1 aliphatic rings. The minimum Gasteiger partial charge on any atom is -0.394 e. The van der Waals surface area contributed by atoms with Crippen molar-refractivity contribution in [3.8, 4) is 0 Å². The van der Waals surface area contributed by atoms with E-state index in [-0.39, 0.29) is 18.8 Å². The standard InChI is InChI=1S/C14H19ClO3/c1-3-14(4-2)17-12(9-16)13(18-14)10-7-5-6-8-11(10)15/h5-8,12-13,16H,3-4,9H2,1-2H3/t12-,13-/m1/s1. The average Bonchev–Trinajstić information content (AvgIpc) is 2.79. The molecule has 3 nitrogen and oxygen atoms in total. The maximum absolute atomic E-state index is 9.46. The van der Waals surface area contributed by atoms with E-state index in [0.29, 0.717) is 5.02 Å². The molecule has 0 aromatic heterocycles. The number of benzene rings is 1. The quantitative estimate of drug-likeness (QED) is 0.912. The molecule has 0 aliphatic carbocycles. The number of rotatable bonds is 4. The van der Waals surface area contributed by atoms with E-state index in [0.717, 1.165) is 18.4 Å². The first-order chi connectivity index (χ1) is 8.65. The molecule has 1 aliphatic heterocycles. The first-order valence-electron chi connectivity index (χ1n) is 6.36. The van der Waals surface area contributed by atoms with E-state index < -0.39 is 5.79 Å². The maximum atomic E-state index is 9.46. The van der Waals surface area contributed by atoms with E-state index >= 15 is 0 Å². The van der Waals surface area contributed by atoms with Gasteiger partial charge in [-0.25, -0.2) is 0 Å². The van der Waals surface area contributed by atoms with Crippen molar-refractivity contribution in [2.45, 2.75) is 44.7 Å². The molecule has 4 heteroatoms. The highest BCUT2D eigenvalue weighted by molar-refractivity contribution is 6.31. The van der Waals surface area contributed by atoms with Crippen LogP contribution in [0.4, 0.5) is 0 Å². The fraction of sp³-hybridized carbons (Fsp3) is 0.571. The Balaban J connectivity index is 2.30. The molecule has 0 amide bonds. The molecule has 2 atom stereocenters. The summed E-state index contributed by atoms with van der Waals surface area (Å²) in [7, 11) is 0. The van der Waals surface area contributed by atoms with E-state index in [1.807, 2.05) is 38.1 Å². The predicted octanol–water partition coefficient (Wildman–Crippen LogP) is 3.31. The summed E-state index contributed by atoms with van der Waals surface area (Å²) in [4.78, 5) is 0. The number of hydrogen-bond acceptors (Lipinski definition) is 3. The molecule has 1 saturated heterocycles. The van der Waals surface area contributed by atoms with Crippen molar-refractivity contribution in [1.29, 1.82) is 0 Å². The molecule has 1 aromatic rings. The van der Waals surface area contributed by atoms with Crippen LogP contribution in [-0.2, 0) is 9.47 Å². The topological polar surface area (TPSA) is 38.7 Å². The summed E-state index contributed by atoms with van der Waals surface area (Å²) in [6.45, 7) is 3.97. The van der Waals surface area contributed by atoms with E-state index in [1.54, 1.807) is 0 Å². The van der Waals surface area contributed by atoms with Gasteiger partial charge in [-0.2, -0.15) is 0 Å². The number of ether oxygens (including phenoxy) is 2. The van der Waals surface area contributed by atoms with Crippen molar-refractivity contribution < 1.29 is 14.6 Å². The predicted molar refractivity (Wildman–Crippen MR) is 70.5 cm³/mol. The Bertz CT molecular complexity index is 404. The molecule has 18 heavy (non-hydrogen) atoms. The molecular weight excluding hydrogens is 252 g/mol. The third kappa shape index (κ3) is 2.41. The van der Waals surface area contributed by atoms with Crippen molar-refractivity contribution in [2.75, 3.05) is 6.61 Å². The van der Waals surface area contributed by atoms with E-state index in [4.69, 9.17) is 21.1 Å². The number of aliphatic hydroxyl groups is 1. The van der Waals surface area contributed by atoms with Crippen molar-refractivity contribution >= 4 is 11.6 Å². The lowest BCUT2D eigenvalue weighted by atomic mass is 10.1. The monoisotopic (exact) mass is 270 g/mol. The van der Waals surface area contributed by atoms with Crippen molar-refractivity contribution in [3.05, 3.63) is 34.9 Å². The highest BCUT2D eigenvalue weighted by atomic mass is 35.5. The lowest BCUT2D eigenvalue weighted by Gasteiger charge is -2.25.